The van der Waals surface area contributed by atoms with Crippen molar-refractivity contribution < 1.29 is 42.4 Å². The third-order valence-electron chi connectivity index (χ3n) is 9.66. The van der Waals surface area contributed by atoms with E-state index >= 15 is 0 Å². The Morgan fingerprint density at radius 2 is 1.61 bits per heavy atom. The molecule has 0 saturated carbocycles. The number of likely N-dealkylation sites (N-methyl/N-ethyl adjacent to an activating group) is 1. The molecule has 264 valence electrons. The monoisotopic (exact) mass is 683 g/mol. The van der Waals surface area contributed by atoms with Crippen LogP contribution in [0.1, 0.15) is 73.0 Å². The molecular weight excluding hydrogens is 639 g/mol. The number of carbonyl (C=O) groups is 2. The molecule has 2 amide bonds. The highest BCUT2D eigenvalue weighted by molar-refractivity contribution is 5.90. The summed E-state index contributed by atoms with van der Waals surface area (Å²) in [5.41, 5.74) is 4.00. The highest BCUT2D eigenvalue weighted by Crippen LogP contribution is 2.42. The number of nitrogens with zero attached hydrogens (tertiary/aromatic N) is 2. The maximum Gasteiger partial charge on any atom is 0.471 e. The Labute approximate surface area is 284 Å². The Morgan fingerprint density at radius 3 is 2.24 bits per heavy atom. The highest BCUT2D eigenvalue weighted by atomic mass is 19.4. The predicted molar refractivity (Wildman–Crippen MR) is 176 cm³/mol. The van der Waals surface area contributed by atoms with Gasteiger partial charge in [-0.2, -0.15) is 13.2 Å². The molecule has 0 aromatic heterocycles. The maximum absolute atomic E-state index is 13.0. The Balaban J connectivity index is 1.28. The second kappa shape index (κ2) is 15.8. The van der Waals surface area contributed by atoms with Gasteiger partial charge in [0.05, 0.1) is 24.9 Å². The standard InChI is InChI=1S/C37H44F3N3O6/c1-23-31(21-42(3)24(2)32(45)27-8-5-4-6-9-27)48-35(49-33(23)28-15-13-26(22-44)14-16-28)29-17-11-25(12-18-29)20-41-34(46)30-10-7-19-43(30)36(47)37(38,39)40/h4-6,8-9,11-18,23-24,30-33,35,44-45H,7,10,19-22H2,1-3H3,(H,41,46)/t23-,24+,30+,31+,32+,33+,35+/m1/s1. The number of halogens is 3. The molecule has 7 atom stereocenters. The number of rotatable bonds is 11. The molecule has 5 rings (SSSR count). The van der Waals surface area contributed by atoms with Gasteiger partial charge in [-0.25, -0.2) is 0 Å². The Morgan fingerprint density at radius 1 is 0.980 bits per heavy atom. The number of alkyl halides is 3. The SMILES string of the molecule is C[C@@H]1[C@H](CN(C)[C@@H](C)[C@H](O)c2ccccc2)O[C@H](c2ccc(CNC(=O)[C@@H]3CCCN3C(=O)C(F)(F)F)cc2)O[C@@H]1c1ccc(CO)cc1. The molecule has 9 nitrogen and oxygen atoms in total. The van der Waals surface area contributed by atoms with Crippen LogP contribution in [-0.2, 0) is 32.2 Å². The largest absolute Gasteiger partial charge is 0.471 e. The van der Waals surface area contributed by atoms with Gasteiger partial charge in [-0.15, -0.1) is 0 Å². The van der Waals surface area contributed by atoms with Gasteiger partial charge in [-0.05, 0) is 49.1 Å². The molecule has 49 heavy (non-hydrogen) atoms. The summed E-state index contributed by atoms with van der Waals surface area (Å²) in [7, 11) is 1.95. The number of aliphatic hydroxyl groups is 2. The lowest BCUT2D eigenvalue weighted by Crippen LogP contribution is -2.50. The lowest BCUT2D eigenvalue weighted by Gasteiger charge is -2.43. The number of nitrogens with one attached hydrogen (secondary N) is 1. The second-order valence-electron chi connectivity index (χ2n) is 13.0. The van der Waals surface area contributed by atoms with Crippen molar-refractivity contribution in [2.75, 3.05) is 20.1 Å². The molecule has 0 bridgehead atoms. The van der Waals surface area contributed by atoms with Gasteiger partial charge in [0.2, 0.25) is 5.91 Å². The highest BCUT2D eigenvalue weighted by Gasteiger charge is 2.47. The summed E-state index contributed by atoms with van der Waals surface area (Å²) in [6.07, 6.45) is -6.60. The fraction of sp³-hybridized carbons (Fsp3) is 0.459. The van der Waals surface area contributed by atoms with Crippen LogP contribution >= 0.6 is 0 Å². The van der Waals surface area contributed by atoms with E-state index in [2.05, 4.69) is 17.1 Å². The Kier molecular flexibility index (Phi) is 11.8. The van der Waals surface area contributed by atoms with Crippen molar-refractivity contribution in [2.24, 2.45) is 5.92 Å². The first-order valence-electron chi connectivity index (χ1n) is 16.6. The molecule has 3 aromatic rings. The van der Waals surface area contributed by atoms with E-state index in [0.29, 0.717) is 23.4 Å². The van der Waals surface area contributed by atoms with Crippen LogP contribution in [0.2, 0.25) is 0 Å². The van der Waals surface area contributed by atoms with Gasteiger partial charge in [0, 0.05) is 37.2 Å². The van der Waals surface area contributed by atoms with Crippen LogP contribution in [-0.4, -0.2) is 76.3 Å². The molecule has 0 aliphatic carbocycles. The van der Waals surface area contributed by atoms with E-state index in [1.165, 1.54) is 0 Å². The molecule has 0 radical (unpaired) electrons. The number of ether oxygens (including phenoxy) is 2. The summed E-state index contributed by atoms with van der Waals surface area (Å²) in [6, 6.07) is 23.0. The first-order chi connectivity index (χ1) is 23.4. The minimum atomic E-state index is -5.03. The number of benzene rings is 3. The summed E-state index contributed by atoms with van der Waals surface area (Å²) < 4.78 is 52.1. The van der Waals surface area contributed by atoms with E-state index in [0.717, 1.165) is 22.3 Å². The normalized spacial score (nSPS) is 24.1. The van der Waals surface area contributed by atoms with Crippen LogP contribution in [0.5, 0.6) is 0 Å². The van der Waals surface area contributed by atoms with Gasteiger partial charge in [0.1, 0.15) is 6.04 Å². The number of likely N-dealkylation sites (tertiary alicyclic amines) is 1. The Bertz CT molecular complexity index is 1540. The lowest BCUT2D eigenvalue weighted by atomic mass is 9.89. The topological polar surface area (TPSA) is 112 Å². The number of aliphatic hydroxyl groups excluding tert-OH is 2. The van der Waals surface area contributed by atoms with Gasteiger partial charge in [-0.3, -0.25) is 14.5 Å². The van der Waals surface area contributed by atoms with Crippen molar-refractivity contribution in [3.63, 3.8) is 0 Å². The van der Waals surface area contributed by atoms with Crippen LogP contribution in [0.4, 0.5) is 13.2 Å². The van der Waals surface area contributed by atoms with Gasteiger partial charge >= 0.3 is 12.1 Å². The number of hydrogen-bond donors (Lipinski definition) is 3. The van der Waals surface area contributed by atoms with E-state index in [-0.39, 0.29) is 50.3 Å². The van der Waals surface area contributed by atoms with Gasteiger partial charge in [0.25, 0.3) is 0 Å². The van der Waals surface area contributed by atoms with Crippen molar-refractivity contribution in [1.29, 1.82) is 0 Å². The Hall–Kier alpha value is -3.81. The molecule has 2 heterocycles. The van der Waals surface area contributed by atoms with Crippen molar-refractivity contribution in [1.82, 2.24) is 15.1 Å². The molecule has 2 aliphatic heterocycles. The molecule has 3 N–H and O–H groups in total. The van der Waals surface area contributed by atoms with Crippen LogP contribution in [0.25, 0.3) is 0 Å². The fourth-order valence-corrected chi connectivity index (χ4v) is 6.49. The van der Waals surface area contributed by atoms with E-state index in [4.69, 9.17) is 9.47 Å². The van der Waals surface area contributed by atoms with Gasteiger partial charge in [-0.1, -0.05) is 85.8 Å². The van der Waals surface area contributed by atoms with Crippen molar-refractivity contribution in [3.05, 3.63) is 107 Å². The van der Waals surface area contributed by atoms with Gasteiger partial charge < -0.3 is 29.9 Å². The van der Waals surface area contributed by atoms with E-state index in [1.54, 1.807) is 12.1 Å². The molecule has 0 spiro atoms. The third kappa shape index (κ3) is 8.68. The smallest absolute Gasteiger partial charge is 0.392 e. The average molecular weight is 684 g/mol. The molecule has 2 saturated heterocycles. The number of carbonyl (C=O) groups excluding carboxylic acids is 2. The minimum absolute atomic E-state index is 0.0699. The number of hydrogen-bond acceptors (Lipinski definition) is 7. The first kappa shape index (κ1) is 36.5. The van der Waals surface area contributed by atoms with Crippen LogP contribution in [0.3, 0.4) is 0 Å². The summed E-state index contributed by atoms with van der Waals surface area (Å²) >= 11 is 0. The first-order valence-corrected chi connectivity index (χ1v) is 16.6. The zero-order valence-electron chi connectivity index (χ0n) is 27.8. The van der Waals surface area contributed by atoms with Crippen molar-refractivity contribution in [2.45, 2.75) is 82.7 Å². The van der Waals surface area contributed by atoms with Crippen LogP contribution < -0.4 is 5.32 Å². The zero-order chi connectivity index (χ0) is 35.3. The average Bonchev–Trinajstić information content (AvgIpc) is 3.61. The zero-order valence-corrected chi connectivity index (χ0v) is 27.8. The van der Waals surface area contributed by atoms with Gasteiger partial charge in [0.15, 0.2) is 6.29 Å². The van der Waals surface area contributed by atoms with E-state index in [9.17, 15) is 33.0 Å². The van der Waals surface area contributed by atoms with Crippen molar-refractivity contribution >= 4 is 11.8 Å². The quantitative estimate of drug-likeness (QED) is 0.255. The maximum atomic E-state index is 13.0. The van der Waals surface area contributed by atoms with E-state index in [1.807, 2.05) is 80.7 Å². The summed E-state index contributed by atoms with van der Waals surface area (Å²) in [6.45, 7) is 4.44. The molecule has 0 unspecified atom stereocenters. The van der Waals surface area contributed by atoms with Crippen molar-refractivity contribution in [3.8, 4) is 0 Å². The van der Waals surface area contributed by atoms with E-state index < -0.39 is 36.4 Å². The summed E-state index contributed by atoms with van der Waals surface area (Å²) in [4.78, 5) is 27.2. The second-order valence-corrected chi connectivity index (χ2v) is 13.0. The molecule has 3 aromatic carbocycles. The summed E-state index contributed by atoms with van der Waals surface area (Å²) in [5.74, 6) is -2.69. The van der Waals surface area contributed by atoms with Crippen LogP contribution in [0.15, 0.2) is 78.9 Å². The minimum Gasteiger partial charge on any atom is -0.392 e. The van der Waals surface area contributed by atoms with Crippen LogP contribution in [0, 0.1) is 5.92 Å². The number of amides is 2. The molecule has 2 aliphatic rings. The molecular formula is C37H44F3N3O6. The lowest BCUT2D eigenvalue weighted by molar-refractivity contribution is -0.276. The molecule has 12 heteroatoms. The summed E-state index contributed by atoms with van der Waals surface area (Å²) in [5, 5.41) is 23.3. The predicted octanol–water partition coefficient (Wildman–Crippen LogP) is 5.19. The molecule has 2 fully saturated rings. The fourth-order valence-electron chi connectivity index (χ4n) is 6.49. The third-order valence-corrected chi connectivity index (χ3v) is 9.66.